The first-order valence-electron chi connectivity index (χ1n) is 5.29. The molecule has 2 rings (SSSR count). The lowest BCUT2D eigenvalue weighted by Crippen LogP contribution is -1.96. The summed E-state index contributed by atoms with van der Waals surface area (Å²) in [6.07, 6.45) is 6.31. The molecule has 0 aliphatic rings. The molecule has 3 heteroatoms. The molecular weight excluding hydrogens is 212 g/mol. The van der Waals surface area contributed by atoms with Crippen molar-refractivity contribution in [2.24, 2.45) is 0 Å². The number of hydrogen-bond donors (Lipinski definition) is 1. The number of para-hydroxylation sites is 1. The van der Waals surface area contributed by atoms with E-state index in [9.17, 15) is 4.79 Å². The average molecular weight is 224 g/mol. The third-order valence-corrected chi connectivity index (χ3v) is 2.20. The summed E-state index contributed by atoms with van der Waals surface area (Å²) in [6.45, 7) is 0. The van der Waals surface area contributed by atoms with Crippen LogP contribution >= 0.6 is 0 Å². The minimum Gasteiger partial charge on any atom is -0.362 e. The van der Waals surface area contributed by atoms with Gasteiger partial charge >= 0.3 is 0 Å². The number of pyridine rings is 1. The Bertz CT molecular complexity index is 506. The Labute approximate surface area is 99.8 Å². The van der Waals surface area contributed by atoms with Gasteiger partial charge in [0.1, 0.15) is 0 Å². The second-order valence-electron chi connectivity index (χ2n) is 3.45. The van der Waals surface area contributed by atoms with Crippen LogP contribution in [0.25, 0.3) is 0 Å². The molecule has 0 saturated carbocycles. The number of hydrogen-bond acceptors (Lipinski definition) is 3. The SMILES string of the molecule is O=C(/C=C/Nc1ccccc1)c1cccnc1. The van der Waals surface area contributed by atoms with Gasteiger partial charge in [-0.2, -0.15) is 0 Å². The van der Waals surface area contributed by atoms with E-state index in [2.05, 4.69) is 10.3 Å². The number of benzene rings is 1. The van der Waals surface area contributed by atoms with Gasteiger partial charge in [-0.25, -0.2) is 0 Å². The van der Waals surface area contributed by atoms with E-state index in [1.165, 1.54) is 6.08 Å². The van der Waals surface area contributed by atoms with Crippen molar-refractivity contribution in [3.05, 3.63) is 72.7 Å². The van der Waals surface area contributed by atoms with Gasteiger partial charge in [-0.15, -0.1) is 0 Å². The van der Waals surface area contributed by atoms with Gasteiger partial charge < -0.3 is 5.32 Å². The Kier molecular flexibility index (Phi) is 3.65. The van der Waals surface area contributed by atoms with Gasteiger partial charge in [0.25, 0.3) is 0 Å². The average Bonchev–Trinajstić information content (AvgIpc) is 2.41. The fourth-order valence-corrected chi connectivity index (χ4v) is 1.35. The number of nitrogens with zero attached hydrogens (tertiary/aromatic N) is 1. The van der Waals surface area contributed by atoms with Crippen LogP contribution in [0.2, 0.25) is 0 Å². The van der Waals surface area contributed by atoms with E-state index >= 15 is 0 Å². The fraction of sp³-hybridized carbons (Fsp3) is 0. The minimum atomic E-state index is -0.0680. The number of aromatic nitrogens is 1. The lowest BCUT2D eigenvalue weighted by Gasteiger charge is -1.98. The van der Waals surface area contributed by atoms with E-state index in [4.69, 9.17) is 0 Å². The molecule has 0 bridgehead atoms. The summed E-state index contributed by atoms with van der Waals surface area (Å²) in [7, 11) is 0. The molecule has 2 aromatic rings. The minimum absolute atomic E-state index is 0.0680. The zero-order valence-electron chi connectivity index (χ0n) is 9.21. The van der Waals surface area contributed by atoms with E-state index in [-0.39, 0.29) is 5.78 Å². The summed E-state index contributed by atoms with van der Waals surface area (Å²) in [4.78, 5) is 15.6. The second kappa shape index (κ2) is 5.61. The molecule has 0 atom stereocenters. The van der Waals surface area contributed by atoms with Crippen molar-refractivity contribution in [1.82, 2.24) is 4.98 Å². The topological polar surface area (TPSA) is 42.0 Å². The Hall–Kier alpha value is -2.42. The summed E-state index contributed by atoms with van der Waals surface area (Å²) in [6, 6.07) is 13.1. The lowest BCUT2D eigenvalue weighted by atomic mass is 10.2. The summed E-state index contributed by atoms with van der Waals surface area (Å²) in [5.41, 5.74) is 1.53. The molecule has 0 saturated heterocycles. The van der Waals surface area contributed by atoms with Gasteiger partial charge in [0, 0.05) is 35.9 Å². The van der Waals surface area contributed by atoms with Crippen molar-refractivity contribution in [3.8, 4) is 0 Å². The highest BCUT2D eigenvalue weighted by molar-refractivity contribution is 6.04. The second-order valence-corrected chi connectivity index (χ2v) is 3.45. The molecule has 0 fully saturated rings. The molecule has 84 valence electrons. The van der Waals surface area contributed by atoms with Crippen LogP contribution in [0.5, 0.6) is 0 Å². The normalized spacial score (nSPS) is 10.4. The predicted octanol–water partition coefficient (Wildman–Crippen LogP) is 2.89. The number of allylic oxidation sites excluding steroid dienone is 1. The van der Waals surface area contributed by atoms with Crippen molar-refractivity contribution < 1.29 is 4.79 Å². The predicted molar refractivity (Wildman–Crippen MR) is 67.8 cm³/mol. The zero-order chi connectivity index (χ0) is 11.9. The fourth-order valence-electron chi connectivity index (χ4n) is 1.35. The number of anilines is 1. The quantitative estimate of drug-likeness (QED) is 0.641. The van der Waals surface area contributed by atoms with Crippen LogP contribution in [0.4, 0.5) is 5.69 Å². The molecular formula is C14H12N2O. The van der Waals surface area contributed by atoms with Gasteiger partial charge in [-0.05, 0) is 24.3 Å². The Morgan fingerprint density at radius 3 is 2.65 bits per heavy atom. The van der Waals surface area contributed by atoms with E-state index in [0.29, 0.717) is 5.56 Å². The van der Waals surface area contributed by atoms with Gasteiger partial charge in [0.2, 0.25) is 0 Å². The molecule has 3 nitrogen and oxygen atoms in total. The van der Waals surface area contributed by atoms with Crippen molar-refractivity contribution in [3.63, 3.8) is 0 Å². The van der Waals surface area contributed by atoms with Crippen LogP contribution in [-0.4, -0.2) is 10.8 Å². The van der Waals surface area contributed by atoms with Gasteiger partial charge in [0.05, 0.1) is 0 Å². The van der Waals surface area contributed by atoms with E-state index < -0.39 is 0 Å². The van der Waals surface area contributed by atoms with Crippen LogP contribution in [0, 0.1) is 0 Å². The van der Waals surface area contributed by atoms with Crippen molar-refractivity contribution in [2.45, 2.75) is 0 Å². The highest BCUT2D eigenvalue weighted by Gasteiger charge is 1.99. The summed E-state index contributed by atoms with van der Waals surface area (Å²) < 4.78 is 0. The number of nitrogens with one attached hydrogen (secondary N) is 1. The van der Waals surface area contributed by atoms with Crippen LogP contribution in [0.3, 0.4) is 0 Å². The third-order valence-electron chi connectivity index (χ3n) is 2.20. The number of carbonyl (C=O) groups excluding carboxylic acids is 1. The third kappa shape index (κ3) is 3.28. The van der Waals surface area contributed by atoms with Crippen molar-refractivity contribution in [1.29, 1.82) is 0 Å². The summed E-state index contributed by atoms with van der Waals surface area (Å²) in [5.74, 6) is -0.0680. The van der Waals surface area contributed by atoms with Crippen LogP contribution in [-0.2, 0) is 0 Å². The first-order chi connectivity index (χ1) is 8.36. The Morgan fingerprint density at radius 1 is 1.12 bits per heavy atom. The first kappa shape index (κ1) is 11.1. The van der Waals surface area contributed by atoms with Crippen LogP contribution < -0.4 is 5.32 Å². The molecule has 1 heterocycles. The number of rotatable bonds is 4. The molecule has 1 aromatic carbocycles. The molecule has 0 aliphatic carbocycles. The van der Waals surface area contributed by atoms with Crippen LogP contribution in [0.15, 0.2) is 67.1 Å². The standard InChI is InChI=1S/C14H12N2O/c17-14(12-5-4-9-15-11-12)8-10-16-13-6-2-1-3-7-13/h1-11,16H/b10-8+. The molecule has 17 heavy (non-hydrogen) atoms. The molecule has 0 radical (unpaired) electrons. The largest absolute Gasteiger partial charge is 0.362 e. The summed E-state index contributed by atoms with van der Waals surface area (Å²) >= 11 is 0. The smallest absolute Gasteiger partial charge is 0.188 e. The van der Waals surface area contributed by atoms with Gasteiger partial charge in [-0.1, -0.05) is 18.2 Å². The van der Waals surface area contributed by atoms with E-state index in [1.807, 2.05) is 30.3 Å². The first-order valence-corrected chi connectivity index (χ1v) is 5.29. The van der Waals surface area contributed by atoms with Crippen LogP contribution in [0.1, 0.15) is 10.4 Å². The zero-order valence-corrected chi connectivity index (χ0v) is 9.21. The maximum absolute atomic E-state index is 11.7. The van der Waals surface area contributed by atoms with Crippen molar-refractivity contribution >= 4 is 11.5 Å². The van der Waals surface area contributed by atoms with E-state index in [0.717, 1.165) is 5.69 Å². The maximum atomic E-state index is 11.7. The molecule has 0 unspecified atom stereocenters. The Morgan fingerprint density at radius 2 is 1.94 bits per heavy atom. The molecule has 0 aliphatic heterocycles. The lowest BCUT2D eigenvalue weighted by molar-refractivity contribution is 0.104. The molecule has 1 aromatic heterocycles. The maximum Gasteiger partial charge on any atom is 0.188 e. The molecule has 1 N–H and O–H groups in total. The van der Waals surface area contributed by atoms with E-state index in [1.54, 1.807) is 30.7 Å². The van der Waals surface area contributed by atoms with Crippen molar-refractivity contribution in [2.75, 3.05) is 5.32 Å². The number of carbonyl (C=O) groups is 1. The Balaban J connectivity index is 1.96. The number of ketones is 1. The highest BCUT2D eigenvalue weighted by atomic mass is 16.1. The van der Waals surface area contributed by atoms with Gasteiger partial charge in [-0.3, -0.25) is 9.78 Å². The summed E-state index contributed by atoms with van der Waals surface area (Å²) in [5, 5.41) is 3.02. The highest BCUT2D eigenvalue weighted by Crippen LogP contribution is 2.05. The molecule has 0 spiro atoms. The monoisotopic (exact) mass is 224 g/mol. The molecule has 0 amide bonds. The van der Waals surface area contributed by atoms with Gasteiger partial charge in [0.15, 0.2) is 5.78 Å².